The summed E-state index contributed by atoms with van der Waals surface area (Å²) in [5.41, 5.74) is 2.35. The number of halogens is 1. The lowest BCUT2D eigenvalue weighted by molar-refractivity contribution is -0.122. The van der Waals surface area contributed by atoms with Crippen LogP contribution in [-0.2, 0) is 16.0 Å². The summed E-state index contributed by atoms with van der Waals surface area (Å²) in [5, 5.41) is 7.36. The zero-order valence-corrected chi connectivity index (χ0v) is 18.7. The molecule has 2 aromatic rings. The highest BCUT2D eigenvalue weighted by atomic mass is 35.5. The molecule has 6 nitrogen and oxygen atoms in total. The number of ether oxygens (including phenoxy) is 1. The second-order valence-electron chi connectivity index (χ2n) is 8.54. The zero-order valence-electron chi connectivity index (χ0n) is 17.9. The molecule has 2 aliphatic heterocycles. The van der Waals surface area contributed by atoms with Gasteiger partial charge in [-0.1, -0.05) is 24.1 Å². The largest absolute Gasteiger partial charge is 0.381 e. The lowest BCUT2D eigenvalue weighted by Crippen LogP contribution is -2.27. The van der Waals surface area contributed by atoms with Crippen molar-refractivity contribution in [3.05, 3.63) is 41.2 Å². The van der Waals surface area contributed by atoms with Gasteiger partial charge >= 0.3 is 0 Å². The van der Waals surface area contributed by atoms with E-state index in [1.165, 1.54) is 0 Å². The summed E-state index contributed by atoms with van der Waals surface area (Å²) in [4.78, 5) is 22.0. The number of hydrogen-bond donors (Lipinski definition) is 2. The third-order valence-corrected chi connectivity index (χ3v) is 6.51. The summed E-state index contributed by atoms with van der Waals surface area (Å²) < 4.78 is 5.43. The molecular weight excluding hydrogens is 412 g/mol. The van der Waals surface area contributed by atoms with Crippen LogP contribution in [0.3, 0.4) is 0 Å². The summed E-state index contributed by atoms with van der Waals surface area (Å²) in [6.45, 7) is 4.33. The fraction of sp³-hybridized carbons (Fsp3) is 0.542. The van der Waals surface area contributed by atoms with Crippen LogP contribution < -0.4 is 10.6 Å². The Kier molecular flexibility index (Phi) is 7.89. The number of Topliss-reactive ketones (excluding diaryl/α,β-unsaturated/α-hetero) is 1. The normalized spacial score (nSPS) is 20.2. The van der Waals surface area contributed by atoms with Crippen molar-refractivity contribution in [3.8, 4) is 11.3 Å². The maximum absolute atomic E-state index is 12.8. The van der Waals surface area contributed by atoms with E-state index in [9.17, 15) is 4.79 Å². The van der Waals surface area contributed by atoms with E-state index < -0.39 is 0 Å². The Hall–Kier alpha value is -2.02. The Morgan fingerprint density at radius 1 is 1.23 bits per heavy atom. The molecule has 31 heavy (non-hydrogen) atoms. The molecular formula is C24H31ClN4O2. The summed E-state index contributed by atoms with van der Waals surface area (Å²) in [7, 11) is 0. The molecule has 166 valence electrons. The van der Waals surface area contributed by atoms with Crippen molar-refractivity contribution < 1.29 is 9.53 Å². The fourth-order valence-corrected chi connectivity index (χ4v) is 4.47. The maximum atomic E-state index is 12.8. The summed E-state index contributed by atoms with van der Waals surface area (Å²) in [6, 6.07) is 7.81. The number of carbonyl (C=O) groups excluding carboxylic acids is 1. The molecule has 7 heteroatoms. The van der Waals surface area contributed by atoms with Gasteiger partial charge in [0, 0.05) is 56.1 Å². The van der Waals surface area contributed by atoms with Crippen LogP contribution in [0.4, 0.5) is 5.82 Å². The van der Waals surface area contributed by atoms with Crippen molar-refractivity contribution in [2.24, 2.45) is 11.8 Å². The second kappa shape index (κ2) is 11.0. The summed E-state index contributed by atoms with van der Waals surface area (Å²) in [5.74, 6) is 1.76. The average Bonchev–Trinajstić information content (AvgIpc) is 3.10. The molecule has 0 saturated carbocycles. The first-order chi connectivity index (χ1) is 15.2. The Morgan fingerprint density at radius 3 is 2.97 bits per heavy atom. The highest BCUT2D eigenvalue weighted by Gasteiger charge is 2.21. The second-order valence-corrected chi connectivity index (χ2v) is 8.95. The SMILES string of the molecule is O=C(Cc1cc(-c2cccc(NCC3CCOCC3)n2)c(Cl)cn1)C1CCCCNC1. The van der Waals surface area contributed by atoms with E-state index in [0.717, 1.165) is 87.7 Å². The van der Waals surface area contributed by atoms with E-state index in [0.29, 0.717) is 17.4 Å². The van der Waals surface area contributed by atoms with Crippen molar-refractivity contribution in [2.45, 2.75) is 38.5 Å². The molecule has 4 rings (SSSR count). The number of ketones is 1. The van der Waals surface area contributed by atoms with Gasteiger partial charge < -0.3 is 15.4 Å². The number of aromatic nitrogens is 2. The molecule has 0 aromatic carbocycles. The van der Waals surface area contributed by atoms with Crippen LogP contribution in [0, 0.1) is 11.8 Å². The molecule has 0 amide bonds. The standard InChI is InChI=1S/C24H31ClN4O2/c25-21-16-27-19(13-23(30)18-4-1-2-9-26-15-18)12-20(21)22-5-3-6-24(29-22)28-14-17-7-10-31-11-8-17/h3,5-6,12,16-18,26H,1-2,4,7-11,13-15H2,(H,28,29). The first kappa shape index (κ1) is 22.2. The fourth-order valence-electron chi connectivity index (χ4n) is 4.27. The average molecular weight is 443 g/mol. The molecule has 2 aliphatic rings. The molecule has 1 atom stereocenters. The van der Waals surface area contributed by atoms with Gasteiger partial charge in [0.25, 0.3) is 0 Å². The molecule has 0 bridgehead atoms. The number of hydrogen-bond acceptors (Lipinski definition) is 6. The molecule has 4 heterocycles. The lowest BCUT2D eigenvalue weighted by Gasteiger charge is -2.22. The van der Waals surface area contributed by atoms with Crippen LogP contribution >= 0.6 is 11.6 Å². The molecule has 2 aromatic heterocycles. The van der Waals surface area contributed by atoms with Crippen LogP contribution in [0.5, 0.6) is 0 Å². The minimum Gasteiger partial charge on any atom is -0.381 e. The van der Waals surface area contributed by atoms with E-state index in [2.05, 4.69) is 15.6 Å². The Bertz CT molecular complexity index is 878. The van der Waals surface area contributed by atoms with Gasteiger partial charge in [0.15, 0.2) is 0 Å². The predicted molar refractivity (Wildman–Crippen MR) is 123 cm³/mol. The van der Waals surface area contributed by atoms with Gasteiger partial charge in [-0.25, -0.2) is 4.98 Å². The number of carbonyl (C=O) groups is 1. The number of rotatable bonds is 7. The van der Waals surface area contributed by atoms with Gasteiger partial charge in [-0.3, -0.25) is 9.78 Å². The van der Waals surface area contributed by atoms with Crippen LogP contribution in [0.1, 0.15) is 37.8 Å². The van der Waals surface area contributed by atoms with E-state index in [-0.39, 0.29) is 11.7 Å². The quantitative estimate of drug-likeness (QED) is 0.671. The van der Waals surface area contributed by atoms with E-state index in [1.54, 1.807) is 6.20 Å². The van der Waals surface area contributed by atoms with Crippen LogP contribution in [-0.4, -0.2) is 48.6 Å². The molecule has 2 N–H and O–H groups in total. The first-order valence-corrected chi connectivity index (χ1v) is 11.7. The van der Waals surface area contributed by atoms with Gasteiger partial charge in [-0.05, 0) is 56.3 Å². The van der Waals surface area contributed by atoms with Gasteiger partial charge in [0.1, 0.15) is 11.6 Å². The topological polar surface area (TPSA) is 76.1 Å². The van der Waals surface area contributed by atoms with Gasteiger partial charge in [-0.15, -0.1) is 0 Å². The van der Waals surface area contributed by atoms with Crippen molar-refractivity contribution >= 4 is 23.2 Å². The minimum absolute atomic E-state index is 0.0688. The smallest absolute Gasteiger partial charge is 0.143 e. The van der Waals surface area contributed by atoms with E-state index >= 15 is 0 Å². The molecule has 1 unspecified atom stereocenters. The van der Waals surface area contributed by atoms with Crippen LogP contribution in [0.2, 0.25) is 5.02 Å². The van der Waals surface area contributed by atoms with Crippen molar-refractivity contribution in [3.63, 3.8) is 0 Å². The lowest BCUT2D eigenvalue weighted by atomic mass is 9.95. The Morgan fingerprint density at radius 2 is 2.10 bits per heavy atom. The Balaban J connectivity index is 1.44. The van der Waals surface area contributed by atoms with Gasteiger partial charge in [-0.2, -0.15) is 0 Å². The third kappa shape index (κ3) is 6.25. The van der Waals surface area contributed by atoms with Crippen molar-refractivity contribution in [1.82, 2.24) is 15.3 Å². The molecule has 2 fully saturated rings. The third-order valence-electron chi connectivity index (χ3n) is 6.21. The van der Waals surface area contributed by atoms with Crippen LogP contribution in [0.15, 0.2) is 30.5 Å². The Labute approximate surface area is 189 Å². The van der Waals surface area contributed by atoms with Gasteiger partial charge in [0.05, 0.1) is 10.7 Å². The number of anilines is 1. The monoisotopic (exact) mass is 442 g/mol. The number of nitrogens with zero attached hydrogens (tertiary/aromatic N) is 2. The van der Waals surface area contributed by atoms with E-state index in [4.69, 9.17) is 21.3 Å². The maximum Gasteiger partial charge on any atom is 0.143 e. The van der Waals surface area contributed by atoms with Crippen molar-refractivity contribution in [2.75, 3.05) is 38.2 Å². The molecule has 0 aliphatic carbocycles. The molecule has 0 spiro atoms. The molecule has 2 saturated heterocycles. The number of nitrogens with one attached hydrogen (secondary N) is 2. The highest BCUT2D eigenvalue weighted by Crippen LogP contribution is 2.28. The highest BCUT2D eigenvalue weighted by molar-refractivity contribution is 6.33. The van der Waals surface area contributed by atoms with Gasteiger partial charge in [0.2, 0.25) is 0 Å². The predicted octanol–water partition coefficient (Wildman–Crippen LogP) is 4.14. The van der Waals surface area contributed by atoms with Crippen molar-refractivity contribution in [1.29, 1.82) is 0 Å². The van der Waals surface area contributed by atoms with Crippen LogP contribution in [0.25, 0.3) is 11.3 Å². The minimum atomic E-state index is 0.0688. The molecule has 0 radical (unpaired) electrons. The number of pyridine rings is 2. The summed E-state index contributed by atoms with van der Waals surface area (Å²) >= 11 is 6.46. The van der Waals surface area contributed by atoms with E-state index in [1.807, 2.05) is 24.3 Å². The summed E-state index contributed by atoms with van der Waals surface area (Å²) in [6.07, 6.45) is 7.31. The first-order valence-electron chi connectivity index (χ1n) is 11.4. The zero-order chi connectivity index (χ0) is 21.5.